The maximum Gasteiger partial charge on any atom is 0.271 e. The molecule has 21 heavy (non-hydrogen) atoms. The van der Waals surface area contributed by atoms with Crippen LogP contribution in [0.25, 0.3) is 0 Å². The van der Waals surface area contributed by atoms with Gasteiger partial charge < -0.3 is 14.5 Å². The minimum atomic E-state index is -0.351. The van der Waals surface area contributed by atoms with Gasteiger partial charge in [0.2, 0.25) is 0 Å². The third-order valence-electron chi connectivity index (χ3n) is 3.81. The molecule has 1 saturated heterocycles. The molecule has 0 aromatic carbocycles. The fourth-order valence-electron chi connectivity index (χ4n) is 2.67. The van der Waals surface area contributed by atoms with E-state index >= 15 is 0 Å². The number of imidazole rings is 1. The molecule has 3 rings (SSSR count). The molecule has 0 bridgehead atoms. The highest BCUT2D eigenvalue weighted by Gasteiger charge is 2.24. The third kappa shape index (κ3) is 3.18. The molecular weight excluding hydrogens is 270 g/mol. The quantitative estimate of drug-likeness (QED) is 0.892. The summed E-state index contributed by atoms with van der Waals surface area (Å²) in [5, 5.41) is 0. The van der Waals surface area contributed by atoms with Crippen LogP contribution in [0.4, 0.5) is 0 Å². The van der Waals surface area contributed by atoms with Gasteiger partial charge in [0.1, 0.15) is 5.69 Å². The minimum Gasteiger partial charge on any atom is -0.337 e. The van der Waals surface area contributed by atoms with E-state index in [0.29, 0.717) is 19.0 Å². The molecule has 0 unspecified atom stereocenters. The van der Waals surface area contributed by atoms with E-state index in [2.05, 4.69) is 19.5 Å². The SMILES string of the molecule is O=C(c1cncc(=O)[nH]1)N1CCC(Cn2ccnc2)CC1. The Morgan fingerprint density at radius 1 is 1.29 bits per heavy atom. The van der Waals surface area contributed by atoms with E-state index in [4.69, 9.17) is 0 Å². The molecule has 110 valence electrons. The lowest BCUT2D eigenvalue weighted by Gasteiger charge is -2.31. The number of nitrogens with one attached hydrogen (secondary N) is 1. The molecule has 7 heteroatoms. The van der Waals surface area contributed by atoms with Gasteiger partial charge in [0, 0.05) is 32.0 Å². The first-order valence-electron chi connectivity index (χ1n) is 7.02. The van der Waals surface area contributed by atoms with Gasteiger partial charge >= 0.3 is 0 Å². The number of likely N-dealkylation sites (tertiary alicyclic amines) is 1. The average molecular weight is 287 g/mol. The summed E-state index contributed by atoms with van der Waals surface area (Å²) >= 11 is 0. The smallest absolute Gasteiger partial charge is 0.271 e. The van der Waals surface area contributed by atoms with E-state index < -0.39 is 0 Å². The van der Waals surface area contributed by atoms with Crippen LogP contribution in [0.1, 0.15) is 23.3 Å². The number of amides is 1. The van der Waals surface area contributed by atoms with Crippen LogP contribution in [0.5, 0.6) is 0 Å². The predicted octanol–water partition coefficient (Wildman–Crippen LogP) is 0.519. The maximum absolute atomic E-state index is 12.3. The summed E-state index contributed by atoms with van der Waals surface area (Å²) in [6.45, 7) is 2.34. The lowest BCUT2D eigenvalue weighted by Crippen LogP contribution is -2.40. The molecule has 0 atom stereocenters. The fraction of sp³-hybridized carbons (Fsp3) is 0.429. The summed E-state index contributed by atoms with van der Waals surface area (Å²) < 4.78 is 2.07. The summed E-state index contributed by atoms with van der Waals surface area (Å²) in [6.07, 6.45) is 10.0. The number of aromatic amines is 1. The van der Waals surface area contributed by atoms with E-state index in [1.54, 1.807) is 11.1 Å². The normalized spacial score (nSPS) is 16.1. The number of carbonyl (C=O) groups is 1. The molecule has 1 aliphatic rings. The second-order valence-electron chi connectivity index (χ2n) is 5.31. The van der Waals surface area contributed by atoms with E-state index in [0.717, 1.165) is 25.6 Å². The number of hydrogen-bond acceptors (Lipinski definition) is 4. The first kappa shape index (κ1) is 13.5. The maximum atomic E-state index is 12.3. The summed E-state index contributed by atoms with van der Waals surface area (Å²) in [4.78, 5) is 35.6. The van der Waals surface area contributed by atoms with Crippen LogP contribution in [0.3, 0.4) is 0 Å². The largest absolute Gasteiger partial charge is 0.337 e. The number of hydrogen-bond donors (Lipinski definition) is 1. The third-order valence-corrected chi connectivity index (χ3v) is 3.81. The second-order valence-corrected chi connectivity index (χ2v) is 5.31. The van der Waals surface area contributed by atoms with E-state index in [9.17, 15) is 9.59 Å². The molecule has 1 fully saturated rings. The molecule has 3 heterocycles. The van der Waals surface area contributed by atoms with Crippen molar-refractivity contribution in [3.8, 4) is 0 Å². The number of nitrogens with zero attached hydrogens (tertiary/aromatic N) is 4. The molecule has 7 nitrogen and oxygen atoms in total. The van der Waals surface area contributed by atoms with Gasteiger partial charge in [-0.3, -0.25) is 14.6 Å². The Morgan fingerprint density at radius 2 is 2.10 bits per heavy atom. The highest BCUT2D eigenvalue weighted by atomic mass is 16.2. The number of aromatic nitrogens is 4. The van der Waals surface area contributed by atoms with Gasteiger partial charge in [-0.05, 0) is 18.8 Å². The zero-order chi connectivity index (χ0) is 14.7. The molecule has 2 aromatic heterocycles. The van der Waals surface area contributed by atoms with E-state index in [1.807, 2.05) is 12.5 Å². The standard InChI is InChI=1S/C14H17N5O2/c20-13-8-16-7-12(17-13)14(21)19-4-1-11(2-5-19)9-18-6-3-15-10-18/h3,6-8,10-11H,1-2,4-5,9H2,(H,17,20). The average Bonchev–Trinajstić information content (AvgIpc) is 3.00. The van der Waals surface area contributed by atoms with Crippen LogP contribution in [-0.4, -0.2) is 43.4 Å². The van der Waals surface area contributed by atoms with E-state index in [-0.39, 0.29) is 17.2 Å². The van der Waals surface area contributed by atoms with Crippen molar-refractivity contribution >= 4 is 5.91 Å². The Labute approximate surface area is 121 Å². The van der Waals surface area contributed by atoms with Crippen molar-refractivity contribution in [1.29, 1.82) is 0 Å². The lowest BCUT2D eigenvalue weighted by atomic mass is 9.96. The van der Waals surface area contributed by atoms with Crippen molar-refractivity contribution < 1.29 is 4.79 Å². The van der Waals surface area contributed by atoms with Crippen molar-refractivity contribution in [2.24, 2.45) is 5.92 Å². The first-order valence-corrected chi connectivity index (χ1v) is 7.02. The second kappa shape index (κ2) is 5.90. The number of rotatable bonds is 3. The Bertz CT molecular complexity index is 656. The van der Waals surface area contributed by atoms with Gasteiger partial charge in [-0.15, -0.1) is 0 Å². The van der Waals surface area contributed by atoms with Crippen molar-refractivity contribution in [3.63, 3.8) is 0 Å². The van der Waals surface area contributed by atoms with Gasteiger partial charge in [0.15, 0.2) is 0 Å². The number of H-pyrrole nitrogens is 1. The van der Waals surface area contributed by atoms with Crippen molar-refractivity contribution in [3.05, 3.63) is 47.2 Å². The first-order chi connectivity index (χ1) is 10.2. The molecule has 1 amide bonds. The van der Waals surface area contributed by atoms with Gasteiger partial charge in [0.25, 0.3) is 11.5 Å². The van der Waals surface area contributed by atoms with Crippen LogP contribution in [-0.2, 0) is 6.54 Å². The molecule has 0 spiro atoms. The molecule has 0 aliphatic carbocycles. The zero-order valence-electron chi connectivity index (χ0n) is 11.6. The minimum absolute atomic E-state index is 0.152. The number of carbonyl (C=O) groups excluding carboxylic acids is 1. The van der Waals surface area contributed by atoms with Gasteiger partial charge in [-0.2, -0.15) is 0 Å². The van der Waals surface area contributed by atoms with Crippen LogP contribution >= 0.6 is 0 Å². The topological polar surface area (TPSA) is 83.9 Å². The van der Waals surface area contributed by atoms with Gasteiger partial charge in [-0.1, -0.05) is 0 Å². The Balaban J connectivity index is 1.58. The van der Waals surface area contributed by atoms with Crippen molar-refractivity contribution in [2.45, 2.75) is 19.4 Å². The highest BCUT2D eigenvalue weighted by molar-refractivity contribution is 5.91. The Kier molecular flexibility index (Phi) is 3.81. The van der Waals surface area contributed by atoms with Crippen molar-refractivity contribution in [2.75, 3.05) is 13.1 Å². The molecule has 0 saturated carbocycles. The molecule has 1 N–H and O–H groups in total. The van der Waals surface area contributed by atoms with Crippen LogP contribution in [0.2, 0.25) is 0 Å². The zero-order valence-corrected chi connectivity index (χ0v) is 11.6. The summed E-state index contributed by atoms with van der Waals surface area (Å²) in [5.74, 6) is 0.400. The van der Waals surface area contributed by atoms with Crippen molar-refractivity contribution in [1.82, 2.24) is 24.4 Å². The van der Waals surface area contributed by atoms with Crippen LogP contribution in [0.15, 0.2) is 35.9 Å². The lowest BCUT2D eigenvalue weighted by molar-refractivity contribution is 0.0676. The Morgan fingerprint density at radius 3 is 2.76 bits per heavy atom. The molecular formula is C14H17N5O2. The molecule has 2 aromatic rings. The fourth-order valence-corrected chi connectivity index (χ4v) is 2.67. The predicted molar refractivity (Wildman–Crippen MR) is 75.7 cm³/mol. The summed E-state index contributed by atoms with van der Waals surface area (Å²) in [7, 11) is 0. The van der Waals surface area contributed by atoms with Crippen LogP contribution in [0, 0.1) is 5.92 Å². The van der Waals surface area contributed by atoms with E-state index in [1.165, 1.54) is 6.20 Å². The summed E-state index contributed by atoms with van der Waals surface area (Å²) in [5.41, 5.74) is -0.0913. The van der Waals surface area contributed by atoms with Gasteiger partial charge in [-0.25, -0.2) is 4.98 Å². The van der Waals surface area contributed by atoms with Gasteiger partial charge in [0.05, 0.1) is 18.7 Å². The van der Waals surface area contributed by atoms with Crippen LogP contribution < -0.4 is 5.56 Å². The Hall–Kier alpha value is -2.44. The monoisotopic (exact) mass is 287 g/mol. The summed E-state index contributed by atoms with van der Waals surface area (Å²) in [6, 6.07) is 0. The number of piperidine rings is 1. The molecule has 1 aliphatic heterocycles. The molecule has 0 radical (unpaired) electrons. The highest BCUT2D eigenvalue weighted by Crippen LogP contribution is 2.20.